The van der Waals surface area contributed by atoms with Gasteiger partial charge < -0.3 is 5.32 Å². The number of aromatic nitrogens is 2. The summed E-state index contributed by atoms with van der Waals surface area (Å²) in [6.07, 6.45) is 6.48. The Balaban J connectivity index is 2.17. The number of nitrogens with one attached hydrogen (secondary N) is 1. The minimum absolute atomic E-state index is 0.488. The Morgan fingerprint density at radius 1 is 1.47 bits per heavy atom. The fourth-order valence-corrected chi connectivity index (χ4v) is 3.51. The maximum absolute atomic E-state index is 4.20. The van der Waals surface area contributed by atoms with Gasteiger partial charge in [-0.3, -0.25) is 0 Å². The number of hydrogen-bond donors (Lipinski definition) is 1. The number of hydrogen-bond acceptors (Lipinski definition) is 4. The molecular formula is C11H19N3S. The van der Waals surface area contributed by atoms with E-state index in [1.807, 2.05) is 0 Å². The van der Waals surface area contributed by atoms with Crippen molar-refractivity contribution >= 4 is 11.5 Å². The van der Waals surface area contributed by atoms with Crippen molar-refractivity contribution in [3.63, 3.8) is 0 Å². The molecule has 1 heterocycles. The maximum Gasteiger partial charge on any atom is 0.0801 e. The second-order valence-electron chi connectivity index (χ2n) is 4.25. The lowest BCUT2D eigenvalue weighted by molar-refractivity contribution is 0.393. The summed E-state index contributed by atoms with van der Waals surface area (Å²) >= 11 is 1.57. The van der Waals surface area contributed by atoms with Crippen LogP contribution in [0.15, 0.2) is 0 Å². The van der Waals surface area contributed by atoms with Crippen LogP contribution in [0.2, 0.25) is 0 Å². The van der Waals surface area contributed by atoms with Crippen LogP contribution >= 0.6 is 11.5 Å². The Morgan fingerprint density at radius 2 is 2.20 bits per heavy atom. The summed E-state index contributed by atoms with van der Waals surface area (Å²) in [4.78, 5) is 1.37. The number of nitrogens with zero attached hydrogens (tertiary/aromatic N) is 2. The van der Waals surface area contributed by atoms with Crippen LogP contribution in [-0.2, 0) is 6.42 Å². The minimum atomic E-state index is 0.488. The molecule has 0 aliphatic heterocycles. The van der Waals surface area contributed by atoms with E-state index in [0.29, 0.717) is 6.04 Å². The van der Waals surface area contributed by atoms with Crippen molar-refractivity contribution in [3.8, 4) is 0 Å². The van der Waals surface area contributed by atoms with E-state index in [-0.39, 0.29) is 0 Å². The van der Waals surface area contributed by atoms with Crippen LogP contribution < -0.4 is 5.32 Å². The lowest BCUT2D eigenvalue weighted by Crippen LogP contribution is -2.23. The first kappa shape index (κ1) is 11.0. The third kappa shape index (κ3) is 2.21. The molecule has 0 saturated heterocycles. The first-order valence-electron chi connectivity index (χ1n) is 5.85. The Bertz CT molecular complexity index is 305. The summed E-state index contributed by atoms with van der Waals surface area (Å²) in [5.74, 6) is 0.794. The van der Waals surface area contributed by atoms with Crippen molar-refractivity contribution in [2.24, 2.45) is 5.92 Å². The van der Waals surface area contributed by atoms with Gasteiger partial charge in [0.05, 0.1) is 10.6 Å². The summed E-state index contributed by atoms with van der Waals surface area (Å²) in [7, 11) is 2.06. The van der Waals surface area contributed by atoms with E-state index in [9.17, 15) is 0 Å². The van der Waals surface area contributed by atoms with Gasteiger partial charge >= 0.3 is 0 Å². The third-order valence-electron chi connectivity index (χ3n) is 3.38. The molecule has 3 nitrogen and oxygen atoms in total. The fourth-order valence-electron chi connectivity index (χ4n) is 2.57. The molecular weight excluding hydrogens is 206 g/mol. The highest BCUT2D eigenvalue weighted by atomic mass is 32.1. The van der Waals surface area contributed by atoms with Crippen molar-refractivity contribution in [2.45, 2.75) is 45.1 Å². The first-order chi connectivity index (χ1) is 7.36. The van der Waals surface area contributed by atoms with Gasteiger partial charge in [-0.25, -0.2) is 0 Å². The second kappa shape index (κ2) is 5.03. The smallest absolute Gasteiger partial charge is 0.0801 e. The van der Waals surface area contributed by atoms with E-state index in [4.69, 9.17) is 0 Å². The zero-order valence-electron chi connectivity index (χ0n) is 9.49. The standard InChI is InChI=1S/C11H19N3S/c1-3-9-11(15-14-13-9)10(12-2)8-6-4-5-7-8/h8,10,12H,3-7H2,1-2H3. The van der Waals surface area contributed by atoms with Crippen molar-refractivity contribution < 1.29 is 0 Å². The number of rotatable bonds is 4. The molecule has 0 aromatic carbocycles. The quantitative estimate of drug-likeness (QED) is 0.855. The van der Waals surface area contributed by atoms with Gasteiger partial charge in [-0.05, 0) is 43.8 Å². The molecule has 1 unspecified atom stereocenters. The average molecular weight is 225 g/mol. The van der Waals surface area contributed by atoms with Crippen LogP contribution in [0, 0.1) is 5.92 Å². The highest BCUT2D eigenvalue weighted by Gasteiger charge is 2.28. The Hall–Kier alpha value is -0.480. The molecule has 0 amide bonds. The molecule has 0 spiro atoms. The number of aryl methyl sites for hydroxylation is 1. The molecule has 1 aliphatic carbocycles. The summed E-state index contributed by atoms with van der Waals surface area (Å²) in [5.41, 5.74) is 1.19. The van der Waals surface area contributed by atoms with Crippen molar-refractivity contribution in [3.05, 3.63) is 10.6 Å². The van der Waals surface area contributed by atoms with E-state index < -0.39 is 0 Å². The van der Waals surface area contributed by atoms with E-state index in [1.54, 1.807) is 11.5 Å². The lowest BCUT2D eigenvalue weighted by atomic mass is 9.95. The lowest BCUT2D eigenvalue weighted by Gasteiger charge is -2.21. The molecule has 1 aromatic heterocycles. The summed E-state index contributed by atoms with van der Waals surface area (Å²) < 4.78 is 4.08. The largest absolute Gasteiger partial charge is 0.312 e. The Kier molecular flexibility index (Phi) is 3.70. The van der Waals surface area contributed by atoms with Crippen molar-refractivity contribution in [1.82, 2.24) is 14.9 Å². The van der Waals surface area contributed by atoms with Crippen LogP contribution in [-0.4, -0.2) is 16.6 Å². The van der Waals surface area contributed by atoms with E-state index in [2.05, 4.69) is 28.9 Å². The second-order valence-corrected chi connectivity index (χ2v) is 5.03. The van der Waals surface area contributed by atoms with Crippen LogP contribution in [0.3, 0.4) is 0 Å². The summed E-state index contributed by atoms with van der Waals surface area (Å²) in [6, 6.07) is 0.488. The molecule has 2 rings (SSSR count). The SMILES string of the molecule is CCc1nnsc1C(NC)C1CCCC1. The van der Waals surface area contributed by atoms with Gasteiger partial charge in [-0.1, -0.05) is 24.3 Å². The monoisotopic (exact) mass is 225 g/mol. The molecule has 1 aliphatic rings. The maximum atomic E-state index is 4.20. The molecule has 1 saturated carbocycles. The van der Waals surface area contributed by atoms with E-state index in [1.165, 1.54) is 36.3 Å². The van der Waals surface area contributed by atoms with Crippen LogP contribution in [0.4, 0.5) is 0 Å². The molecule has 4 heteroatoms. The molecule has 1 atom stereocenters. The molecule has 0 bridgehead atoms. The molecule has 1 fully saturated rings. The highest BCUT2D eigenvalue weighted by molar-refractivity contribution is 7.05. The minimum Gasteiger partial charge on any atom is -0.312 e. The Labute approximate surface area is 95.4 Å². The van der Waals surface area contributed by atoms with Gasteiger partial charge in [0, 0.05) is 6.04 Å². The topological polar surface area (TPSA) is 37.8 Å². The average Bonchev–Trinajstić information content (AvgIpc) is 2.89. The van der Waals surface area contributed by atoms with Crippen molar-refractivity contribution in [2.75, 3.05) is 7.05 Å². The fraction of sp³-hybridized carbons (Fsp3) is 0.818. The highest BCUT2D eigenvalue weighted by Crippen LogP contribution is 2.37. The molecule has 1 N–H and O–H groups in total. The molecule has 15 heavy (non-hydrogen) atoms. The van der Waals surface area contributed by atoms with Crippen molar-refractivity contribution in [1.29, 1.82) is 0 Å². The van der Waals surface area contributed by atoms with E-state index in [0.717, 1.165) is 12.3 Å². The predicted molar refractivity (Wildman–Crippen MR) is 63.0 cm³/mol. The first-order valence-corrected chi connectivity index (χ1v) is 6.62. The third-order valence-corrected chi connectivity index (χ3v) is 4.23. The van der Waals surface area contributed by atoms with E-state index >= 15 is 0 Å². The zero-order chi connectivity index (χ0) is 10.7. The molecule has 84 valence electrons. The normalized spacial score (nSPS) is 19.6. The zero-order valence-corrected chi connectivity index (χ0v) is 10.3. The molecule has 0 radical (unpaired) electrons. The van der Waals surface area contributed by atoms with Crippen LogP contribution in [0.5, 0.6) is 0 Å². The van der Waals surface area contributed by atoms with Gasteiger partial charge in [0.15, 0.2) is 0 Å². The molecule has 1 aromatic rings. The van der Waals surface area contributed by atoms with Crippen LogP contribution in [0.25, 0.3) is 0 Å². The predicted octanol–water partition coefficient (Wildman–Crippen LogP) is 2.55. The van der Waals surface area contributed by atoms with Crippen LogP contribution in [0.1, 0.15) is 49.2 Å². The van der Waals surface area contributed by atoms with Gasteiger partial charge in [-0.2, -0.15) is 0 Å². The van der Waals surface area contributed by atoms with Gasteiger partial charge in [0.2, 0.25) is 0 Å². The summed E-state index contributed by atoms with van der Waals surface area (Å²) in [6.45, 7) is 2.15. The summed E-state index contributed by atoms with van der Waals surface area (Å²) in [5, 5.41) is 7.65. The van der Waals surface area contributed by atoms with Gasteiger partial charge in [-0.15, -0.1) is 5.10 Å². The van der Waals surface area contributed by atoms with Gasteiger partial charge in [0.25, 0.3) is 0 Å². The Morgan fingerprint density at radius 3 is 2.80 bits per heavy atom. The van der Waals surface area contributed by atoms with Gasteiger partial charge in [0.1, 0.15) is 0 Å².